The Kier molecular flexibility index (Phi) is 5.29. The predicted octanol–water partition coefficient (Wildman–Crippen LogP) is 3.86. The second-order valence-electron chi connectivity index (χ2n) is 4.05. The van der Waals surface area contributed by atoms with Gasteiger partial charge < -0.3 is 4.74 Å². The smallest absolute Gasteiger partial charge is 0.287 e. The van der Waals surface area contributed by atoms with Crippen molar-refractivity contribution in [3.05, 3.63) is 55.6 Å². The van der Waals surface area contributed by atoms with Crippen LogP contribution in [0, 0.1) is 10.1 Å². The topological polar surface area (TPSA) is 89.6 Å². The molecule has 114 valence electrons. The summed E-state index contributed by atoms with van der Waals surface area (Å²) in [5.41, 5.74) is 3.33. The highest BCUT2D eigenvalue weighted by Gasteiger charge is 2.07. The zero-order chi connectivity index (χ0) is 16.1. The number of nitro groups is 1. The molecule has 0 atom stereocenters. The Balaban J connectivity index is 2.08. The summed E-state index contributed by atoms with van der Waals surface area (Å²) in [5.74, 6) is 0.935. The number of halogens is 2. The van der Waals surface area contributed by atoms with Crippen molar-refractivity contribution < 1.29 is 9.66 Å². The Labute approximate surface area is 139 Å². The van der Waals surface area contributed by atoms with E-state index in [1.165, 1.54) is 19.2 Å². The quantitative estimate of drug-likeness (QED) is 0.479. The number of ether oxygens (including phenoxy) is 1. The molecule has 9 heteroatoms. The summed E-state index contributed by atoms with van der Waals surface area (Å²) in [5, 5.41) is 15.0. The molecule has 7 nitrogen and oxygen atoms in total. The van der Waals surface area contributed by atoms with E-state index in [0.717, 1.165) is 11.8 Å². The zero-order valence-electron chi connectivity index (χ0n) is 11.3. The molecule has 0 aliphatic rings. The zero-order valence-corrected chi connectivity index (χ0v) is 13.6. The second kappa shape index (κ2) is 7.19. The molecular formula is C13H10BrClN4O3. The third-order valence-corrected chi connectivity index (χ3v) is 3.45. The Morgan fingerprint density at radius 2 is 2.27 bits per heavy atom. The molecule has 0 aliphatic carbocycles. The fraction of sp³-hybridized carbons (Fsp3) is 0.0769. The SMILES string of the molecule is COc1c(Cl)cc(/C=N/Nc2ccc([N+](=O)[O-])cn2)cc1Br. The van der Waals surface area contributed by atoms with E-state index in [4.69, 9.17) is 16.3 Å². The van der Waals surface area contributed by atoms with Crippen LogP contribution in [-0.4, -0.2) is 23.2 Å². The monoisotopic (exact) mass is 384 g/mol. The third-order valence-electron chi connectivity index (χ3n) is 2.58. The van der Waals surface area contributed by atoms with Gasteiger partial charge in [0.05, 0.1) is 27.7 Å². The van der Waals surface area contributed by atoms with E-state index in [0.29, 0.717) is 21.1 Å². The van der Waals surface area contributed by atoms with Crippen LogP contribution in [0.2, 0.25) is 5.02 Å². The van der Waals surface area contributed by atoms with Gasteiger partial charge in [0, 0.05) is 6.07 Å². The van der Waals surface area contributed by atoms with Crippen LogP contribution >= 0.6 is 27.5 Å². The Bertz CT molecular complexity index is 699. The number of aromatic nitrogens is 1. The van der Waals surface area contributed by atoms with Crippen LogP contribution in [0.25, 0.3) is 0 Å². The van der Waals surface area contributed by atoms with Crippen LogP contribution in [0.15, 0.2) is 40.0 Å². The van der Waals surface area contributed by atoms with Crippen molar-refractivity contribution in [3.63, 3.8) is 0 Å². The van der Waals surface area contributed by atoms with Gasteiger partial charge in [0.25, 0.3) is 5.69 Å². The van der Waals surface area contributed by atoms with Crippen molar-refractivity contribution in [2.24, 2.45) is 5.10 Å². The minimum absolute atomic E-state index is 0.0830. The molecule has 0 fully saturated rings. The number of benzene rings is 1. The number of nitrogens with one attached hydrogen (secondary N) is 1. The molecule has 0 aliphatic heterocycles. The number of nitrogens with zero attached hydrogens (tertiary/aromatic N) is 3. The maximum Gasteiger partial charge on any atom is 0.287 e. The molecule has 22 heavy (non-hydrogen) atoms. The van der Waals surface area contributed by atoms with Gasteiger partial charge in [-0.25, -0.2) is 4.98 Å². The van der Waals surface area contributed by atoms with Crippen molar-refractivity contribution in [2.45, 2.75) is 0 Å². The average molecular weight is 386 g/mol. The highest BCUT2D eigenvalue weighted by molar-refractivity contribution is 9.10. The first-order chi connectivity index (χ1) is 10.5. The van der Waals surface area contributed by atoms with Crippen LogP contribution in [-0.2, 0) is 0 Å². The van der Waals surface area contributed by atoms with Crippen LogP contribution in [0.5, 0.6) is 5.75 Å². The van der Waals surface area contributed by atoms with E-state index < -0.39 is 4.92 Å². The number of hydrogen-bond acceptors (Lipinski definition) is 6. The summed E-state index contributed by atoms with van der Waals surface area (Å²) in [4.78, 5) is 13.9. The summed E-state index contributed by atoms with van der Waals surface area (Å²) in [7, 11) is 1.53. The van der Waals surface area contributed by atoms with E-state index in [2.05, 4.69) is 31.4 Å². The summed E-state index contributed by atoms with van der Waals surface area (Å²) in [6.07, 6.45) is 2.69. The Morgan fingerprint density at radius 3 is 2.82 bits per heavy atom. The van der Waals surface area contributed by atoms with Crippen molar-refractivity contribution in [1.82, 2.24) is 4.98 Å². The first-order valence-electron chi connectivity index (χ1n) is 5.94. The molecule has 2 rings (SSSR count). The van der Waals surface area contributed by atoms with Crippen molar-refractivity contribution in [2.75, 3.05) is 12.5 Å². The molecule has 0 bridgehead atoms. The average Bonchev–Trinajstić information content (AvgIpc) is 2.47. The van der Waals surface area contributed by atoms with E-state index in [1.54, 1.807) is 18.3 Å². The molecule has 0 saturated carbocycles. The van der Waals surface area contributed by atoms with Gasteiger partial charge in [-0.3, -0.25) is 15.5 Å². The molecule has 0 unspecified atom stereocenters. The van der Waals surface area contributed by atoms with Crippen molar-refractivity contribution >= 4 is 45.3 Å². The minimum Gasteiger partial charge on any atom is -0.494 e. The summed E-state index contributed by atoms with van der Waals surface area (Å²) >= 11 is 9.41. The molecule has 0 saturated heterocycles. The molecule has 1 heterocycles. The van der Waals surface area contributed by atoms with Gasteiger partial charge >= 0.3 is 0 Å². The highest BCUT2D eigenvalue weighted by Crippen LogP contribution is 2.33. The normalized spacial score (nSPS) is 10.7. The second-order valence-corrected chi connectivity index (χ2v) is 5.31. The molecule has 0 amide bonds. The first-order valence-corrected chi connectivity index (χ1v) is 7.11. The Hall–Kier alpha value is -2.19. The van der Waals surface area contributed by atoms with Gasteiger partial charge in [0.1, 0.15) is 12.0 Å². The fourth-order valence-electron chi connectivity index (χ4n) is 1.58. The predicted molar refractivity (Wildman–Crippen MR) is 87.8 cm³/mol. The van der Waals surface area contributed by atoms with Crippen molar-refractivity contribution in [3.8, 4) is 5.75 Å². The maximum atomic E-state index is 10.5. The van der Waals surface area contributed by atoms with Crippen molar-refractivity contribution in [1.29, 1.82) is 0 Å². The van der Waals surface area contributed by atoms with E-state index in [1.807, 2.05) is 0 Å². The number of hydrazone groups is 1. The minimum atomic E-state index is -0.517. The standard InChI is InChI=1S/C13H10BrClN4O3/c1-22-13-10(14)4-8(5-11(13)15)6-17-18-12-3-2-9(7-16-12)19(20)21/h2-7H,1H3,(H,16,18)/b17-6+. The molecule has 0 radical (unpaired) electrons. The molecule has 0 spiro atoms. The molecule has 1 aromatic carbocycles. The number of pyridine rings is 1. The number of rotatable bonds is 5. The summed E-state index contributed by atoms with van der Waals surface area (Å²) in [6, 6.07) is 6.29. The van der Waals surface area contributed by atoms with E-state index >= 15 is 0 Å². The summed E-state index contributed by atoms with van der Waals surface area (Å²) in [6.45, 7) is 0. The lowest BCUT2D eigenvalue weighted by atomic mass is 10.2. The van der Waals surface area contributed by atoms with Gasteiger partial charge in [0.2, 0.25) is 0 Å². The molecule has 1 aromatic heterocycles. The molecule has 1 N–H and O–H groups in total. The molecule has 2 aromatic rings. The Morgan fingerprint density at radius 1 is 1.50 bits per heavy atom. The maximum absolute atomic E-state index is 10.5. The van der Waals surface area contributed by atoms with Crippen LogP contribution in [0.3, 0.4) is 0 Å². The van der Waals surface area contributed by atoms with Crippen LogP contribution < -0.4 is 10.2 Å². The number of anilines is 1. The summed E-state index contributed by atoms with van der Waals surface area (Å²) < 4.78 is 5.84. The van der Waals surface area contributed by atoms with Gasteiger partial charge in [-0.2, -0.15) is 5.10 Å². The third kappa shape index (κ3) is 3.92. The highest BCUT2D eigenvalue weighted by atomic mass is 79.9. The van der Waals surface area contributed by atoms with E-state index in [-0.39, 0.29) is 5.69 Å². The first kappa shape index (κ1) is 16.2. The van der Waals surface area contributed by atoms with Gasteiger partial charge in [-0.15, -0.1) is 0 Å². The van der Waals surface area contributed by atoms with Gasteiger partial charge in [-0.1, -0.05) is 11.6 Å². The molecular weight excluding hydrogens is 376 g/mol. The number of methoxy groups -OCH3 is 1. The van der Waals surface area contributed by atoms with Gasteiger partial charge in [-0.05, 0) is 39.7 Å². The van der Waals surface area contributed by atoms with Crippen LogP contribution in [0.1, 0.15) is 5.56 Å². The van der Waals surface area contributed by atoms with Gasteiger partial charge in [0.15, 0.2) is 5.75 Å². The number of hydrogen-bond donors (Lipinski definition) is 1. The lowest BCUT2D eigenvalue weighted by Crippen LogP contribution is -1.95. The van der Waals surface area contributed by atoms with E-state index in [9.17, 15) is 10.1 Å². The fourth-order valence-corrected chi connectivity index (χ4v) is 2.64. The largest absolute Gasteiger partial charge is 0.494 e. The lowest BCUT2D eigenvalue weighted by molar-refractivity contribution is -0.385. The lowest BCUT2D eigenvalue weighted by Gasteiger charge is -2.06. The van der Waals surface area contributed by atoms with Crippen LogP contribution in [0.4, 0.5) is 11.5 Å².